The number of halogens is 2. The summed E-state index contributed by atoms with van der Waals surface area (Å²) < 4.78 is 26.6. The summed E-state index contributed by atoms with van der Waals surface area (Å²) in [5.41, 5.74) is 2.59. The van der Waals surface area contributed by atoms with E-state index < -0.39 is 5.92 Å². The Morgan fingerprint density at radius 2 is 1.89 bits per heavy atom. The van der Waals surface area contributed by atoms with Gasteiger partial charge in [0.25, 0.3) is 0 Å². The number of amides is 1. The fourth-order valence-electron chi connectivity index (χ4n) is 4.65. The average molecular weight is 377 g/mol. The lowest BCUT2D eigenvalue weighted by molar-refractivity contribution is -0.141. The van der Waals surface area contributed by atoms with E-state index in [1.165, 1.54) is 11.3 Å². The Morgan fingerprint density at radius 3 is 2.56 bits per heavy atom. The summed E-state index contributed by atoms with van der Waals surface area (Å²) in [5, 5.41) is 3.50. The van der Waals surface area contributed by atoms with Gasteiger partial charge in [0.15, 0.2) is 0 Å². The molecule has 27 heavy (non-hydrogen) atoms. The van der Waals surface area contributed by atoms with Crippen LogP contribution in [0, 0.1) is 5.92 Å². The van der Waals surface area contributed by atoms with E-state index in [2.05, 4.69) is 34.6 Å². The molecule has 0 spiro atoms. The molecule has 0 atom stereocenters. The van der Waals surface area contributed by atoms with Gasteiger partial charge in [0, 0.05) is 44.1 Å². The highest BCUT2D eigenvalue weighted by molar-refractivity contribution is 5.79. The quantitative estimate of drug-likeness (QED) is 0.813. The zero-order valence-electron chi connectivity index (χ0n) is 15.8. The molecular formula is C21H29F2N3O. The number of nitrogens with one attached hydrogen (secondary N) is 1. The van der Waals surface area contributed by atoms with Crippen molar-refractivity contribution in [3.63, 3.8) is 0 Å². The molecule has 0 aromatic rings. The van der Waals surface area contributed by atoms with Gasteiger partial charge in [-0.25, -0.2) is 8.78 Å². The third-order valence-electron chi connectivity index (χ3n) is 6.42. The first-order valence-electron chi connectivity index (χ1n) is 10.3. The maximum absolute atomic E-state index is 13.3. The lowest BCUT2D eigenvalue weighted by atomic mass is 9.85. The van der Waals surface area contributed by atoms with Crippen LogP contribution in [0.5, 0.6) is 0 Å². The molecule has 148 valence electrons. The second kappa shape index (κ2) is 7.64. The van der Waals surface area contributed by atoms with Crippen molar-refractivity contribution in [3.05, 3.63) is 35.7 Å². The summed E-state index contributed by atoms with van der Waals surface area (Å²) in [7, 11) is 0. The monoisotopic (exact) mass is 377 g/mol. The number of allylic oxidation sites excluding steroid dienone is 4. The molecule has 2 heterocycles. The minimum Gasteiger partial charge on any atom is -0.366 e. The molecule has 0 aromatic carbocycles. The third-order valence-corrected chi connectivity index (χ3v) is 6.42. The van der Waals surface area contributed by atoms with Gasteiger partial charge >= 0.3 is 0 Å². The number of nitrogens with zero attached hydrogens (tertiary/aromatic N) is 2. The largest absolute Gasteiger partial charge is 0.366 e. The van der Waals surface area contributed by atoms with E-state index in [1.54, 1.807) is 0 Å². The molecule has 6 heteroatoms. The Hall–Kier alpha value is -1.85. The molecule has 0 unspecified atom stereocenters. The Kier molecular flexibility index (Phi) is 5.24. The van der Waals surface area contributed by atoms with Crippen molar-refractivity contribution in [2.24, 2.45) is 5.92 Å². The van der Waals surface area contributed by atoms with E-state index in [4.69, 9.17) is 0 Å². The van der Waals surface area contributed by atoms with Crippen LogP contribution in [0.1, 0.15) is 51.4 Å². The summed E-state index contributed by atoms with van der Waals surface area (Å²) >= 11 is 0. The van der Waals surface area contributed by atoms with Crippen molar-refractivity contribution >= 4 is 5.91 Å². The zero-order valence-corrected chi connectivity index (χ0v) is 15.8. The van der Waals surface area contributed by atoms with E-state index >= 15 is 0 Å². The topological polar surface area (TPSA) is 35.6 Å². The molecule has 2 fully saturated rings. The molecule has 2 aliphatic carbocycles. The minimum atomic E-state index is -2.57. The van der Waals surface area contributed by atoms with Crippen LogP contribution >= 0.6 is 0 Å². The molecule has 0 aromatic heterocycles. The fourth-order valence-corrected chi connectivity index (χ4v) is 4.65. The van der Waals surface area contributed by atoms with Gasteiger partial charge in [-0.3, -0.25) is 4.79 Å². The van der Waals surface area contributed by atoms with Gasteiger partial charge in [0.2, 0.25) is 11.8 Å². The molecule has 1 saturated carbocycles. The van der Waals surface area contributed by atoms with Crippen LogP contribution in [0.3, 0.4) is 0 Å². The van der Waals surface area contributed by atoms with E-state index in [0.717, 1.165) is 45.4 Å². The van der Waals surface area contributed by atoms with E-state index in [9.17, 15) is 13.6 Å². The number of carbonyl (C=O) groups is 1. The Balaban J connectivity index is 1.28. The predicted octanol–water partition coefficient (Wildman–Crippen LogP) is 3.78. The molecule has 0 bridgehead atoms. The first kappa shape index (κ1) is 18.5. The first-order chi connectivity index (χ1) is 13.0. The smallest absolute Gasteiger partial charge is 0.248 e. The number of hydrogen-bond acceptors (Lipinski definition) is 3. The number of hydrogen-bond donors (Lipinski definition) is 1. The number of likely N-dealkylation sites (tertiary alicyclic amines) is 1. The van der Waals surface area contributed by atoms with E-state index in [-0.39, 0.29) is 24.7 Å². The fraction of sp³-hybridized carbons (Fsp3) is 0.667. The molecule has 4 nitrogen and oxygen atoms in total. The first-order valence-corrected chi connectivity index (χ1v) is 10.3. The Morgan fingerprint density at radius 1 is 1.15 bits per heavy atom. The normalized spacial score (nSPS) is 26.6. The van der Waals surface area contributed by atoms with Gasteiger partial charge in [0.05, 0.1) is 12.4 Å². The van der Waals surface area contributed by atoms with Crippen molar-refractivity contribution in [2.75, 3.05) is 19.8 Å². The van der Waals surface area contributed by atoms with Crippen LogP contribution in [0.25, 0.3) is 0 Å². The molecule has 4 rings (SSSR count). The third kappa shape index (κ3) is 4.19. The average Bonchev–Trinajstić information content (AvgIpc) is 3.19. The van der Waals surface area contributed by atoms with Crippen molar-refractivity contribution in [1.82, 2.24) is 15.1 Å². The van der Waals surface area contributed by atoms with Crippen LogP contribution in [0.2, 0.25) is 0 Å². The van der Waals surface area contributed by atoms with Crippen molar-refractivity contribution in [2.45, 2.75) is 63.3 Å². The number of piperidine rings is 1. The lowest BCUT2D eigenvalue weighted by Gasteiger charge is -2.38. The van der Waals surface area contributed by atoms with Crippen LogP contribution in [-0.4, -0.2) is 47.4 Å². The summed E-state index contributed by atoms with van der Waals surface area (Å²) in [6, 6.07) is 0.439. The van der Waals surface area contributed by atoms with E-state index in [0.29, 0.717) is 18.9 Å². The number of rotatable bonds is 3. The van der Waals surface area contributed by atoms with Gasteiger partial charge in [-0.2, -0.15) is 0 Å². The highest BCUT2D eigenvalue weighted by Crippen LogP contribution is 2.37. The van der Waals surface area contributed by atoms with Crippen molar-refractivity contribution in [3.8, 4) is 0 Å². The Bertz CT molecular complexity index is 652. The molecule has 1 saturated heterocycles. The molecule has 1 N–H and O–H groups in total. The van der Waals surface area contributed by atoms with Gasteiger partial charge in [-0.1, -0.05) is 18.2 Å². The van der Waals surface area contributed by atoms with Gasteiger partial charge < -0.3 is 15.1 Å². The highest BCUT2D eigenvalue weighted by Gasteiger charge is 2.39. The number of alkyl halides is 2. The Labute approximate surface area is 160 Å². The standard InChI is InChI=1S/C21H29F2N3O/c22-21(23)10-6-17(7-11-21)20(27)25-12-8-18(9-13-25)26-14-19(24-15-26)16-4-2-1-3-5-16/h1-2,4,14,17-18,24H,3,5-13,15H2. The van der Waals surface area contributed by atoms with Crippen molar-refractivity contribution < 1.29 is 13.6 Å². The lowest BCUT2D eigenvalue weighted by Crippen LogP contribution is -2.48. The number of carbonyl (C=O) groups excluding carboxylic acids is 1. The minimum absolute atomic E-state index is 0.0962. The molecule has 2 aliphatic heterocycles. The van der Waals surface area contributed by atoms with Crippen LogP contribution < -0.4 is 5.32 Å². The predicted molar refractivity (Wildman–Crippen MR) is 101 cm³/mol. The van der Waals surface area contributed by atoms with Gasteiger partial charge in [-0.15, -0.1) is 0 Å². The van der Waals surface area contributed by atoms with Gasteiger partial charge in [0.1, 0.15) is 0 Å². The maximum Gasteiger partial charge on any atom is 0.248 e. The maximum atomic E-state index is 13.3. The molecule has 1 amide bonds. The zero-order chi connectivity index (χ0) is 18.9. The SMILES string of the molecule is O=C(C1CCC(F)(F)CC1)N1CCC(N2C=C(C3=CC=CCC3)NC2)CC1. The highest BCUT2D eigenvalue weighted by atomic mass is 19.3. The van der Waals surface area contributed by atoms with Gasteiger partial charge in [-0.05, 0) is 44.1 Å². The summed E-state index contributed by atoms with van der Waals surface area (Å²) in [6.07, 6.45) is 13.2. The van der Waals surface area contributed by atoms with E-state index in [1.807, 2.05) is 4.90 Å². The van der Waals surface area contributed by atoms with Crippen LogP contribution in [0.15, 0.2) is 35.7 Å². The molecule has 0 radical (unpaired) electrons. The second-order valence-electron chi connectivity index (χ2n) is 8.24. The molecular weight excluding hydrogens is 348 g/mol. The van der Waals surface area contributed by atoms with Crippen molar-refractivity contribution in [1.29, 1.82) is 0 Å². The van der Waals surface area contributed by atoms with Crippen LogP contribution in [0.4, 0.5) is 8.78 Å². The summed E-state index contributed by atoms with van der Waals surface area (Å²) in [5.74, 6) is -2.67. The second-order valence-corrected chi connectivity index (χ2v) is 8.24. The summed E-state index contributed by atoms with van der Waals surface area (Å²) in [6.45, 7) is 2.30. The molecule has 4 aliphatic rings. The van der Waals surface area contributed by atoms with Crippen LogP contribution in [-0.2, 0) is 4.79 Å². The summed E-state index contributed by atoms with van der Waals surface area (Å²) in [4.78, 5) is 16.9.